The van der Waals surface area contributed by atoms with Crippen molar-refractivity contribution in [3.05, 3.63) is 33.8 Å². The van der Waals surface area contributed by atoms with Gasteiger partial charge in [0.15, 0.2) is 0 Å². The predicted octanol–water partition coefficient (Wildman–Crippen LogP) is 2.64. The predicted molar refractivity (Wildman–Crippen MR) is 88.9 cm³/mol. The quantitative estimate of drug-likeness (QED) is 0.915. The molecule has 1 aromatic rings. The summed E-state index contributed by atoms with van der Waals surface area (Å²) in [6.45, 7) is 7.32. The Hall–Kier alpha value is -0.420. The first kappa shape index (κ1) is 16.0. The van der Waals surface area contributed by atoms with Gasteiger partial charge in [-0.1, -0.05) is 35.0 Å². The third kappa shape index (κ3) is 3.25. The van der Waals surface area contributed by atoms with E-state index in [0.29, 0.717) is 24.5 Å². The number of benzene rings is 1. The van der Waals surface area contributed by atoms with Crippen LogP contribution in [-0.4, -0.2) is 49.6 Å². The van der Waals surface area contributed by atoms with E-state index in [2.05, 4.69) is 71.9 Å². The molecule has 1 aliphatic heterocycles. The smallest absolute Gasteiger partial charge is 0.0482 e. The summed E-state index contributed by atoms with van der Waals surface area (Å²) in [5.41, 5.74) is 8.67. The average molecular weight is 340 g/mol. The maximum Gasteiger partial charge on any atom is 0.0482 e. The number of likely N-dealkylation sites (N-methyl/N-ethyl adjacent to an activating group) is 1. The summed E-state index contributed by atoms with van der Waals surface area (Å²) in [4.78, 5) is 4.87. The van der Waals surface area contributed by atoms with Gasteiger partial charge in [-0.15, -0.1) is 0 Å². The fourth-order valence-electron chi connectivity index (χ4n) is 3.29. The van der Waals surface area contributed by atoms with Crippen molar-refractivity contribution in [1.29, 1.82) is 0 Å². The molecule has 20 heavy (non-hydrogen) atoms. The van der Waals surface area contributed by atoms with Crippen molar-refractivity contribution >= 4 is 15.9 Å². The fraction of sp³-hybridized carbons (Fsp3) is 0.625. The van der Waals surface area contributed by atoms with E-state index in [0.717, 1.165) is 13.1 Å². The lowest BCUT2D eigenvalue weighted by molar-refractivity contribution is 0.219. The zero-order valence-corrected chi connectivity index (χ0v) is 14.5. The highest BCUT2D eigenvalue weighted by atomic mass is 79.9. The maximum absolute atomic E-state index is 6.08. The highest BCUT2D eigenvalue weighted by molar-refractivity contribution is 9.10. The van der Waals surface area contributed by atoms with Gasteiger partial charge in [-0.05, 0) is 44.1 Å². The van der Waals surface area contributed by atoms with E-state index in [4.69, 9.17) is 5.73 Å². The molecule has 0 aliphatic carbocycles. The summed E-state index contributed by atoms with van der Waals surface area (Å²) >= 11 is 3.70. The first-order valence-electron chi connectivity index (χ1n) is 7.30. The Morgan fingerprint density at radius 1 is 1.40 bits per heavy atom. The lowest BCUT2D eigenvalue weighted by atomic mass is 10.0. The van der Waals surface area contributed by atoms with E-state index in [9.17, 15) is 0 Å². The molecule has 1 heterocycles. The Kier molecular flexibility index (Phi) is 5.24. The summed E-state index contributed by atoms with van der Waals surface area (Å²) in [6.07, 6.45) is 0. The van der Waals surface area contributed by atoms with Crippen LogP contribution < -0.4 is 5.73 Å². The molecule has 1 fully saturated rings. The third-order valence-corrected chi connectivity index (χ3v) is 5.13. The van der Waals surface area contributed by atoms with Crippen molar-refractivity contribution in [2.24, 2.45) is 11.7 Å². The van der Waals surface area contributed by atoms with Crippen LogP contribution in [0.1, 0.15) is 24.1 Å². The van der Waals surface area contributed by atoms with Crippen molar-refractivity contribution < 1.29 is 0 Å². The molecule has 2 N–H and O–H groups in total. The summed E-state index contributed by atoms with van der Waals surface area (Å²) in [7, 11) is 4.34. The van der Waals surface area contributed by atoms with Gasteiger partial charge in [0.2, 0.25) is 0 Å². The molecule has 1 saturated heterocycles. The average Bonchev–Trinajstić information content (AvgIpc) is 2.75. The molecule has 0 aromatic heterocycles. The normalized spacial score (nSPS) is 25.4. The van der Waals surface area contributed by atoms with Crippen LogP contribution in [0.15, 0.2) is 22.7 Å². The number of hydrogen-bond acceptors (Lipinski definition) is 3. The van der Waals surface area contributed by atoms with Crippen LogP contribution in [0.25, 0.3) is 0 Å². The molecule has 0 radical (unpaired) electrons. The minimum absolute atomic E-state index is 0.303. The zero-order valence-electron chi connectivity index (χ0n) is 12.9. The minimum Gasteiger partial charge on any atom is -0.329 e. The number of nitrogens with zero attached hydrogens (tertiary/aromatic N) is 2. The Balaban J connectivity index is 2.21. The van der Waals surface area contributed by atoms with E-state index < -0.39 is 0 Å². The molecule has 2 rings (SSSR count). The van der Waals surface area contributed by atoms with Crippen LogP contribution in [0.3, 0.4) is 0 Å². The first-order chi connectivity index (χ1) is 9.43. The largest absolute Gasteiger partial charge is 0.329 e. The second-order valence-electron chi connectivity index (χ2n) is 6.24. The van der Waals surface area contributed by atoms with Crippen LogP contribution in [-0.2, 0) is 0 Å². The maximum atomic E-state index is 6.08. The van der Waals surface area contributed by atoms with Crippen LogP contribution >= 0.6 is 15.9 Å². The van der Waals surface area contributed by atoms with E-state index in [1.54, 1.807) is 0 Å². The highest BCUT2D eigenvalue weighted by Gasteiger charge is 2.35. The van der Waals surface area contributed by atoms with Crippen LogP contribution in [0.2, 0.25) is 0 Å². The van der Waals surface area contributed by atoms with Gasteiger partial charge < -0.3 is 10.6 Å². The van der Waals surface area contributed by atoms with Gasteiger partial charge in [0.05, 0.1) is 0 Å². The lowest BCUT2D eigenvalue weighted by Gasteiger charge is -2.29. The van der Waals surface area contributed by atoms with Gasteiger partial charge in [0.25, 0.3) is 0 Å². The Labute approximate surface area is 131 Å². The van der Waals surface area contributed by atoms with Crippen molar-refractivity contribution in [2.45, 2.75) is 25.9 Å². The highest BCUT2D eigenvalue weighted by Crippen LogP contribution is 2.32. The van der Waals surface area contributed by atoms with E-state index >= 15 is 0 Å². The molecule has 1 aliphatic rings. The lowest BCUT2D eigenvalue weighted by Crippen LogP contribution is -2.36. The summed E-state index contributed by atoms with van der Waals surface area (Å²) in [5.74, 6) is 0.684. The number of hydrogen-bond donors (Lipinski definition) is 1. The van der Waals surface area contributed by atoms with Crippen LogP contribution in [0.4, 0.5) is 0 Å². The molecular weight excluding hydrogens is 314 g/mol. The number of rotatable bonds is 4. The van der Waals surface area contributed by atoms with Crippen LogP contribution in [0.5, 0.6) is 0 Å². The Morgan fingerprint density at radius 2 is 2.10 bits per heavy atom. The molecule has 0 saturated carbocycles. The number of aryl methyl sites for hydroxylation is 1. The van der Waals surface area contributed by atoms with Crippen molar-refractivity contribution in [3.63, 3.8) is 0 Å². The first-order valence-corrected chi connectivity index (χ1v) is 8.10. The van der Waals surface area contributed by atoms with Gasteiger partial charge >= 0.3 is 0 Å². The minimum atomic E-state index is 0.303. The van der Waals surface area contributed by atoms with Gasteiger partial charge in [-0.25, -0.2) is 0 Å². The Morgan fingerprint density at radius 3 is 2.60 bits per heavy atom. The zero-order chi connectivity index (χ0) is 14.9. The molecule has 3 nitrogen and oxygen atoms in total. The van der Waals surface area contributed by atoms with Crippen molar-refractivity contribution in [1.82, 2.24) is 9.80 Å². The molecule has 1 aromatic carbocycles. The summed E-state index contributed by atoms with van der Waals surface area (Å²) in [5, 5.41) is 0. The SMILES string of the molecule is Cc1ccc(C(CN)N2CC(C)C(N(C)C)C2)c(Br)c1. The third-order valence-electron chi connectivity index (χ3n) is 4.44. The van der Waals surface area contributed by atoms with Crippen LogP contribution in [0, 0.1) is 12.8 Å². The molecule has 4 heteroatoms. The second kappa shape index (κ2) is 6.56. The van der Waals surface area contributed by atoms with E-state index in [1.807, 2.05) is 0 Å². The molecule has 0 amide bonds. The van der Waals surface area contributed by atoms with Gasteiger partial charge in [-0.3, -0.25) is 4.90 Å². The monoisotopic (exact) mass is 339 g/mol. The molecule has 3 atom stereocenters. The second-order valence-corrected chi connectivity index (χ2v) is 7.09. The molecule has 3 unspecified atom stereocenters. The van der Waals surface area contributed by atoms with E-state index in [1.165, 1.54) is 15.6 Å². The number of nitrogens with two attached hydrogens (primary N) is 1. The Bertz CT molecular complexity index is 461. The fourth-order valence-corrected chi connectivity index (χ4v) is 4.05. The number of likely N-dealkylation sites (tertiary alicyclic amines) is 1. The number of halogens is 1. The van der Waals surface area contributed by atoms with Crippen molar-refractivity contribution in [2.75, 3.05) is 33.7 Å². The molecule has 112 valence electrons. The standard InChI is InChI=1S/C16H26BrN3/c1-11-5-6-13(14(17)7-11)15(8-18)20-9-12(2)16(10-20)19(3)4/h5-7,12,15-16H,8-10,18H2,1-4H3. The van der Waals surface area contributed by atoms with Gasteiger partial charge in [-0.2, -0.15) is 0 Å². The summed E-state index contributed by atoms with van der Waals surface area (Å²) in [6, 6.07) is 7.49. The molecular formula is C16H26BrN3. The van der Waals surface area contributed by atoms with E-state index in [-0.39, 0.29) is 0 Å². The molecule has 0 spiro atoms. The summed E-state index contributed by atoms with van der Waals surface area (Å²) < 4.78 is 1.17. The van der Waals surface area contributed by atoms with Gasteiger partial charge in [0.1, 0.15) is 0 Å². The molecule has 0 bridgehead atoms. The van der Waals surface area contributed by atoms with Crippen molar-refractivity contribution in [3.8, 4) is 0 Å². The van der Waals surface area contributed by atoms with Gasteiger partial charge in [0, 0.05) is 36.2 Å². The topological polar surface area (TPSA) is 32.5 Å².